The van der Waals surface area contributed by atoms with Crippen LogP contribution in [-0.2, 0) is 0 Å². The van der Waals surface area contributed by atoms with E-state index in [4.69, 9.17) is 16.0 Å². The Kier molecular flexibility index (Phi) is 3.14. The Balaban J connectivity index is 2.04. The topological polar surface area (TPSA) is 13.1 Å². The predicted octanol–water partition coefficient (Wildman–Crippen LogP) is 5.58. The lowest BCUT2D eigenvalue weighted by Gasteiger charge is -1.99. The summed E-state index contributed by atoms with van der Waals surface area (Å²) in [6.45, 7) is 2.06. The van der Waals surface area contributed by atoms with Crippen LogP contribution in [0.3, 0.4) is 0 Å². The number of aryl methyl sites for hydroxylation is 1. The van der Waals surface area contributed by atoms with Crippen LogP contribution in [0, 0.1) is 6.92 Å². The molecule has 94 valence electrons. The minimum absolute atomic E-state index is 0.641. The van der Waals surface area contributed by atoms with Crippen LogP contribution in [0.25, 0.3) is 22.6 Å². The van der Waals surface area contributed by atoms with Gasteiger partial charge in [0.2, 0.25) is 0 Å². The maximum atomic E-state index is 6.27. The van der Waals surface area contributed by atoms with Crippen molar-refractivity contribution < 1.29 is 4.42 Å². The smallest absolute Gasteiger partial charge is 0.153 e. The molecule has 0 N–H and O–H groups in total. The molecule has 0 atom stereocenters. The van der Waals surface area contributed by atoms with Gasteiger partial charge in [0.1, 0.15) is 5.76 Å². The van der Waals surface area contributed by atoms with E-state index in [1.807, 2.05) is 48.5 Å². The second-order valence-electron chi connectivity index (χ2n) is 4.52. The molecule has 0 aliphatic carbocycles. The Hall–Kier alpha value is -1.99. The van der Waals surface area contributed by atoms with Crippen molar-refractivity contribution in [2.45, 2.75) is 6.92 Å². The van der Waals surface area contributed by atoms with Gasteiger partial charge in [0.15, 0.2) is 5.76 Å². The Morgan fingerprint density at radius 1 is 0.842 bits per heavy atom. The molecule has 0 saturated carbocycles. The van der Waals surface area contributed by atoms with Gasteiger partial charge in [0, 0.05) is 17.2 Å². The van der Waals surface area contributed by atoms with Crippen LogP contribution in [0.1, 0.15) is 5.56 Å². The zero-order valence-electron chi connectivity index (χ0n) is 10.6. The van der Waals surface area contributed by atoms with E-state index in [-0.39, 0.29) is 0 Å². The average molecular weight is 269 g/mol. The van der Waals surface area contributed by atoms with Crippen LogP contribution in [0.2, 0.25) is 5.02 Å². The van der Waals surface area contributed by atoms with Crippen LogP contribution in [-0.4, -0.2) is 0 Å². The Bertz CT molecular complexity index is 681. The molecular weight excluding hydrogens is 256 g/mol. The molecule has 3 rings (SSSR count). The molecule has 0 spiro atoms. The van der Waals surface area contributed by atoms with Gasteiger partial charge >= 0.3 is 0 Å². The SMILES string of the molecule is Cc1ccc(-c2cc(Cl)c(-c3ccccc3)o2)cc1. The number of hydrogen-bond acceptors (Lipinski definition) is 1. The summed E-state index contributed by atoms with van der Waals surface area (Å²) in [5, 5.41) is 0.641. The van der Waals surface area contributed by atoms with Crippen molar-refractivity contribution >= 4 is 11.6 Å². The Morgan fingerprint density at radius 3 is 2.21 bits per heavy atom. The van der Waals surface area contributed by atoms with Gasteiger partial charge in [0.05, 0.1) is 5.02 Å². The maximum Gasteiger partial charge on any atom is 0.153 e. The van der Waals surface area contributed by atoms with E-state index < -0.39 is 0 Å². The Morgan fingerprint density at radius 2 is 1.53 bits per heavy atom. The highest BCUT2D eigenvalue weighted by Gasteiger charge is 2.12. The Labute approximate surface area is 117 Å². The van der Waals surface area contributed by atoms with Gasteiger partial charge < -0.3 is 4.42 Å². The molecule has 0 amide bonds. The highest BCUT2D eigenvalue weighted by atomic mass is 35.5. The molecule has 0 saturated heterocycles. The van der Waals surface area contributed by atoms with Crippen LogP contribution in [0.4, 0.5) is 0 Å². The number of furan rings is 1. The fraction of sp³-hybridized carbons (Fsp3) is 0.0588. The molecule has 1 heterocycles. The summed E-state index contributed by atoms with van der Waals surface area (Å²) in [6, 6.07) is 20.0. The van der Waals surface area contributed by atoms with Crippen molar-refractivity contribution in [3.8, 4) is 22.6 Å². The molecule has 1 nitrogen and oxygen atoms in total. The van der Waals surface area contributed by atoms with Gasteiger partial charge in [-0.2, -0.15) is 0 Å². The molecule has 0 radical (unpaired) electrons. The summed E-state index contributed by atoms with van der Waals surface area (Å²) in [5.41, 5.74) is 3.25. The molecule has 2 aromatic carbocycles. The lowest BCUT2D eigenvalue weighted by atomic mass is 10.1. The third kappa shape index (κ3) is 2.42. The molecule has 1 aromatic heterocycles. The predicted molar refractivity (Wildman–Crippen MR) is 79.3 cm³/mol. The second-order valence-corrected chi connectivity index (χ2v) is 4.93. The molecule has 0 bridgehead atoms. The molecule has 0 aliphatic rings. The van der Waals surface area contributed by atoms with Crippen molar-refractivity contribution in [2.24, 2.45) is 0 Å². The van der Waals surface area contributed by atoms with Crippen LogP contribution in [0.15, 0.2) is 65.1 Å². The van der Waals surface area contributed by atoms with E-state index in [2.05, 4.69) is 19.1 Å². The summed E-state index contributed by atoms with van der Waals surface area (Å²) in [4.78, 5) is 0. The van der Waals surface area contributed by atoms with Gasteiger partial charge in [-0.15, -0.1) is 0 Å². The molecule has 19 heavy (non-hydrogen) atoms. The number of rotatable bonds is 2. The van der Waals surface area contributed by atoms with E-state index in [1.165, 1.54) is 5.56 Å². The fourth-order valence-electron chi connectivity index (χ4n) is 2.02. The summed E-state index contributed by atoms with van der Waals surface area (Å²) in [6.07, 6.45) is 0. The first-order chi connectivity index (χ1) is 9.24. The molecule has 0 aliphatic heterocycles. The van der Waals surface area contributed by atoms with E-state index in [0.29, 0.717) is 5.02 Å². The number of benzene rings is 2. The van der Waals surface area contributed by atoms with E-state index in [1.54, 1.807) is 0 Å². The summed E-state index contributed by atoms with van der Waals surface area (Å²) >= 11 is 6.27. The first-order valence-corrected chi connectivity index (χ1v) is 6.53. The zero-order valence-corrected chi connectivity index (χ0v) is 11.3. The van der Waals surface area contributed by atoms with Crippen molar-refractivity contribution in [1.29, 1.82) is 0 Å². The molecule has 3 aromatic rings. The lowest BCUT2D eigenvalue weighted by Crippen LogP contribution is -1.75. The zero-order chi connectivity index (χ0) is 13.2. The lowest BCUT2D eigenvalue weighted by molar-refractivity contribution is 0.597. The van der Waals surface area contributed by atoms with Crippen LogP contribution >= 0.6 is 11.6 Å². The van der Waals surface area contributed by atoms with Crippen molar-refractivity contribution in [1.82, 2.24) is 0 Å². The van der Waals surface area contributed by atoms with Crippen LogP contribution in [0.5, 0.6) is 0 Å². The van der Waals surface area contributed by atoms with Gasteiger partial charge in [-0.25, -0.2) is 0 Å². The number of halogens is 1. The van der Waals surface area contributed by atoms with Gasteiger partial charge in [-0.05, 0) is 6.92 Å². The molecular formula is C17H13ClO. The average Bonchev–Trinajstić information content (AvgIpc) is 2.83. The first-order valence-electron chi connectivity index (χ1n) is 6.16. The third-order valence-electron chi connectivity index (χ3n) is 3.06. The van der Waals surface area contributed by atoms with Gasteiger partial charge in [-0.1, -0.05) is 71.8 Å². The summed E-state index contributed by atoms with van der Waals surface area (Å²) in [7, 11) is 0. The minimum atomic E-state index is 0.641. The summed E-state index contributed by atoms with van der Waals surface area (Å²) in [5.74, 6) is 1.52. The minimum Gasteiger partial charge on any atom is -0.454 e. The number of hydrogen-bond donors (Lipinski definition) is 0. The largest absolute Gasteiger partial charge is 0.454 e. The summed E-state index contributed by atoms with van der Waals surface area (Å²) < 4.78 is 5.89. The van der Waals surface area contributed by atoms with Gasteiger partial charge in [0.25, 0.3) is 0 Å². The molecule has 0 fully saturated rings. The maximum absolute atomic E-state index is 6.27. The highest BCUT2D eigenvalue weighted by molar-refractivity contribution is 6.33. The highest BCUT2D eigenvalue weighted by Crippen LogP contribution is 2.35. The van der Waals surface area contributed by atoms with Crippen molar-refractivity contribution in [2.75, 3.05) is 0 Å². The third-order valence-corrected chi connectivity index (χ3v) is 3.34. The van der Waals surface area contributed by atoms with Crippen molar-refractivity contribution in [3.63, 3.8) is 0 Å². The van der Waals surface area contributed by atoms with E-state index in [9.17, 15) is 0 Å². The quantitative estimate of drug-likeness (QED) is 0.592. The first kappa shape index (κ1) is 12.1. The van der Waals surface area contributed by atoms with Crippen molar-refractivity contribution in [3.05, 3.63) is 71.2 Å². The van der Waals surface area contributed by atoms with E-state index >= 15 is 0 Å². The molecule has 0 unspecified atom stereocenters. The van der Waals surface area contributed by atoms with E-state index in [0.717, 1.165) is 22.6 Å². The normalized spacial score (nSPS) is 10.6. The van der Waals surface area contributed by atoms with Gasteiger partial charge in [-0.3, -0.25) is 0 Å². The second kappa shape index (κ2) is 4.94. The molecule has 2 heteroatoms. The monoisotopic (exact) mass is 268 g/mol. The fourth-order valence-corrected chi connectivity index (χ4v) is 2.26. The standard InChI is InChI=1S/C17H13ClO/c1-12-7-9-13(10-8-12)16-11-15(18)17(19-16)14-5-3-2-4-6-14/h2-11H,1H3. The van der Waals surface area contributed by atoms with Crippen LogP contribution < -0.4 is 0 Å².